The van der Waals surface area contributed by atoms with Crippen molar-refractivity contribution in [1.29, 1.82) is 0 Å². The van der Waals surface area contributed by atoms with E-state index in [-0.39, 0.29) is 5.41 Å². The first-order valence-corrected chi connectivity index (χ1v) is 50.1. The third-order valence-electron chi connectivity index (χ3n) is 30.0. The van der Waals surface area contributed by atoms with Crippen LogP contribution in [0, 0.1) is 0 Å². The van der Waals surface area contributed by atoms with Crippen LogP contribution in [0.3, 0.4) is 0 Å². The summed E-state index contributed by atoms with van der Waals surface area (Å²) in [6.07, 6.45) is 0. The van der Waals surface area contributed by atoms with Crippen molar-refractivity contribution in [3.63, 3.8) is 0 Å². The van der Waals surface area contributed by atoms with Gasteiger partial charge in [-0.15, -0.1) is 0 Å². The highest BCUT2D eigenvalue weighted by molar-refractivity contribution is 6.30. The smallest absolute Gasteiger partial charge is 0.143 e. The van der Waals surface area contributed by atoms with E-state index in [4.69, 9.17) is 27.9 Å². The first kappa shape index (κ1) is 83.1. The highest BCUT2D eigenvalue weighted by Gasteiger charge is 2.28. The van der Waals surface area contributed by atoms with E-state index in [1.54, 1.807) is 0 Å². The van der Waals surface area contributed by atoms with E-state index in [1.165, 1.54) is 212 Å². The fourth-order valence-electron chi connectivity index (χ4n) is 23.3. The molecule has 3 aromatic heterocycles. The number of benzene rings is 26. The Balaban J connectivity index is 0.000000131. The summed E-state index contributed by atoms with van der Waals surface area (Å²) in [6, 6.07) is 186. The van der Waals surface area contributed by atoms with Crippen LogP contribution in [0.1, 0.15) is 55.8 Å². The van der Waals surface area contributed by atoms with Crippen molar-refractivity contribution in [2.75, 3.05) is 0 Å². The van der Waals surface area contributed by atoms with Crippen LogP contribution >= 0.6 is 0 Å². The van der Waals surface area contributed by atoms with Gasteiger partial charge in [0.05, 0.1) is 0 Å². The fourth-order valence-corrected chi connectivity index (χ4v) is 23.3. The van der Waals surface area contributed by atoms with Gasteiger partial charge in [-0.25, -0.2) is 0 Å². The van der Waals surface area contributed by atoms with Crippen LogP contribution in [-0.2, 0) is 5.41 Å². The maximum absolute atomic E-state index is 6.86. The zero-order valence-electron chi connectivity index (χ0n) is 92.3. The minimum absolute atomic E-state index is 0.0600. The first-order chi connectivity index (χ1) is 77.6. The number of para-hydroxylation sites is 3. The molecule has 0 saturated heterocycles. The molecule has 0 atom stereocenters. The highest BCUT2D eigenvalue weighted by atomic mass is 16.3. The monoisotopic (exact) mass is 1900 g/mol. The van der Waals surface area contributed by atoms with Gasteiger partial charge in [0.2, 0.25) is 0 Å². The third-order valence-corrected chi connectivity index (χ3v) is 30.0. The molecular formula is C144H110O3. The van der Waals surface area contributed by atoms with Crippen molar-refractivity contribution in [2.24, 2.45) is 0 Å². The lowest BCUT2D eigenvalue weighted by molar-refractivity contribution is 0.591. The molecule has 0 fully saturated rings. The summed E-state index contributed by atoms with van der Waals surface area (Å²) >= 11 is 0. The van der Waals surface area contributed by atoms with Gasteiger partial charge in [-0.1, -0.05) is 509 Å². The maximum Gasteiger partial charge on any atom is 0.143 e. The van der Waals surface area contributed by atoms with Crippen molar-refractivity contribution in [1.82, 2.24) is 0 Å². The van der Waals surface area contributed by atoms with E-state index in [0.717, 1.165) is 93.6 Å². The molecule has 0 saturated carbocycles. The quantitative estimate of drug-likeness (QED) is 0.121. The molecule has 3 nitrogen and oxygen atoms in total. The van der Waals surface area contributed by atoms with Crippen molar-refractivity contribution >= 4 is 163 Å². The lowest BCUT2D eigenvalue weighted by atomic mass is 9.84. The molecule has 0 aliphatic carbocycles. The lowest BCUT2D eigenvalue weighted by Crippen LogP contribution is -2.10. The molecule has 704 valence electrons. The van der Waals surface area contributed by atoms with Crippen LogP contribution in [0.25, 0.3) is 285 Å². The molecule has 3 heteroatoms. The van der Waals surface area contributed by atoms with Gasteiger partial charge < -0.3 is 13.3 Å². The van der Waals surface area contributed by atoms with Crippen molar-refractivity contribution < 1.29 is 27.9 Å². The standard InChI is InChI=1S/C54H34O.C50H36O.C38H24O.2CH4.4H2/c1-3-15-35(16-4-1)38-29-31-41(36-17-5-2-6-18-36)49(33-38)47-27-14-28-48-50-34-39(30-32-51(50)55-54(47)48)52-43-22-9-11-24-45(43)53(46-25-12-10-23-44(46)52)42-26-13-20-37-19-7-8-21-40(37)42;1-50(2,3)34-27-25-32-15-10-21-36(44(32)30-34)42-23-12-24-43-45-29-33(26-28-46(45)51-49(42)43)47-38-17-6-8-19-40(38)48(41-20-9-7-18-39(41)47)37-22-11-14-31-13-4-5-16-35(31)37;1-3-13-25(14-4-1)27-21-11-23-33-37-32(22-12-24-34(37)39-38(27)33)36-30-19-9-7-17-28(30)35(26-15-5-2-6-16-26)29-18-8-10-20-31(29)36;;;;;;/h1-34H;4-30H,1-3H3;1-24H;2*1H4;4*1H/i;;;2*1D;4*1+1D. The largest absolute Gasteiger partial charge is 0.455 e. The minimum Gasteiger partial charge on any atom is -0.455 e. The van der Waals surface area contributed by atoms with E-state index in [1.807, 2.05) is 0 Å². The second-order valence-corrected chi connectivity index (χ2v) is 39.2. The van der Waals surface area contributed by atoms with Crippen LogP contribution < -0.4 is 0 Å². The second-order valence-electron chi connectivity index (χ2n) is 39.2. The predicted molar refractivity (Wildman–Crippen MR) is 639 cm³/mol. The number of rotatable bonds is 11. The van der Waals surface area contributed by atoms with E-state index in [0.29, 0.717) is 0 Å². The Hall–Kier alpha value is -18.5. The minimum atomic E-state index is 0.0600. The highest BCUT2D eigenvalue weighted by Crippen LogP contribution is 2.54. The Morgan fingerprint density at radius 2 is 0.469 bits per heavy atom. The molecule has 0 radical (unpaired) electrons. The normalized spacial score (nSPS) is 12.0. The lowest BCUT2D eigenvalue weighted by Gasteiger charge is -2.20. The average Bonchev–Trinajstić information content (AvgIpc) is 1.08. The summed E-state index contributed by atoms with van der Waals surface area (Å²) in [4.78, 5) is 0. The van der Waals surface area contributed by atoms with Gasteiger partial charge >= 0.3 is 0 Å². The van der Waals surface area contributed by atoms with Crippen molar-refractivity contribution in [2.45, 2.75) is 41.0 Å². The summed E-state index contributed by atoms with van der Waals surface area (Å²) in [5, 5.41) is 29.3. The van der Waals surface area contributed by atoms with E-state index < -0.39 is 0 Å². The van der Waals surface area contributed by atoms with Crippen LogP contribution in [0.5, 0.6) is 0 Å². The van der Waals surface area contributed by atoms with Gasteiger partial charge in [-0.3, -0.25) is 0 Å². The summed E-state index contributed by atoms with van der Waals surface area (Å²) < 4.78 is 71.7. The molecule has 29 aromatic rings. The zero-order valence-corrected chi connectivity index (χ0v) is 82.3. The van der Waals surface area contributed by atoms with Gasteiger partial charge in [0.25, 0.3) is 0 Å². The third kappa shape index (κ3) is 15.4. The summed E-state index contributed by atoms with van der Waals surface area (Å²) in [5.41, 5.74) is 33.3. The topological polar surface area (TPSA) is 39.4 Å². The molecule has 26 aromatic carbocycles. The Bertz CT molecular complexity index is 10100. The van der Waals surface area contributed by atoms with Crippen molar-refractivity contribution in [3.8, 4) is 122 Å². The van der Waals surface area contributed by atoms with Crippen LogP contribution in [0.15, 0.2) is 529 Å². The summed E-state index contributed by atoms with van der Waals surface area (Å²) in [6.45, 7) is 6.83. The molecule has 29 rings (SSSR count). The van der Waals surface area contributed by atoms with Gasteiger partial charge in [0.1, 0.15) is 33.5 Å². The van der Waals surface area contributed by atoms with E-state index >= 15 is 0 Å². The number of hydrogen-bond acceptors (Lipinski definition) is 3. The molecular weight excluding hydrogens is 1780 g/mol. The molecule has 0 N–H and O–H groups in total. The molecule has 0 unspecified atom stereocenters. The Kier molecular flexibility index (Phi) is 21.0. The Morgan fingerprint density at radius 1 is 0.170 bits per heavy atom. The van der Waals surface area contributed by atoms with Gasteiger partial charge in [0, 0.05) is 63.6 Å². The molecule has 3 heterocycles. The first-order valence-electron chi connectivity index (χ1n) is 56.1. The number of furan rings is 3. The molecule has 0 aliphatic heterocycles. The van der Waals surface area contributed by atoms with Gasteiger partial charge in [0.15, 0.2) is 0 Å². The van der Waals surface area contributed by atoms with Crippen LogP contribution in [-0.4, -0.2) is 0 Å². The SMILES string of the molecule is CC(C)(C)c1ccc2cccc(-c3cccc4c3oc3ccc(-c5c6ccccc6c(-c6cccc7ccccc67)c6ccccc56)cc34)c2c1.[2H]C.[2H]C.[2H][2H].[2H][2H].[2H][2H].[2H][2H].c1ccc(-c2c3ccccc3c(-c3cccc4oc5c(-c6ccccc6)cccc5c34)c3ccccc23)cc1.c1ccc(-c2ccc(-c3ccccc3)c(-c3cccc4c3oc3ccc(-c5c6ccccc6c(-c6cccc7ccccc67)c6ccccc56)cc34)c2)cc1. The maximum atomic E-state index is 6.86. The number of hydrogen-bond donors (Lipinski definition) is 0. The van der Waals surface area contributed by atoms with Crippen molar-refractivity contribution in [3.05, 3.63) is 521 Å². The van der Waals surface area contributed by atoms with Gasteiger partial charge in [-0.05, 0) is 256 Å². The summed E-state index contributed by atoms with van der Waals surface area (Å²) in [5.74, 6) is 0. The number of fused-ring (bicyclic) bond motifs is 18. The zero-order chi connectivity index (χ0) is 108. The van der Waals surface area contributed by atoms with Crippen LogP contribution in [0.2, 0.25) is 0 Å². The van der Waals surface area contributed by atoms with Crippen LogP contribution in [0.4, 0.5) is 0 Å². The van der Waals surface area contributed by atoms with E-state index in [2.05, 4.69) is 536 Å². The van der Waals surface area contributed by atoms with Gasteiger partial charge in [-0.2, -0.15) is 0 Å². The molecule has 0 amide bonds. The summed E-state index contributed by atoms with van der Waals surface area (Å²) in [7, 11) is 2.50. The predicted octanol–water partition coefficient (Wildman–Crippen LogP) is 43.0. The molecule has 0 aliphatic rings. The van der Waals surface area contributed by atoms with E-state index in [9.17, 15) is 0 Å². The Labute approximate surface area is 869 Å². The average molecular weight is 1900 g/mol. The molecule has 147 heavy (non-hydrogen) atoms. The second kappa shape index (κ2) is 37.1. The fraction of sp³-hybridized carbons (Fsp3) is 0.0417. The Morgan fingerprint density at radius 3 is 0.918 bits per heavy atom. The molecule has 0 spiro atoms. The molecule has 0 bridgehead atoms.